The third-order valence-corrected chi connectivity index (χ3v) is 5.81. The summed E-state index contributed by atoms with van der Waals surface area (Å²) < 4.78 is 11.4. The van der Waals surface area contributed by atoms with Crippen molar-refractivity contribution >= 4 is 39.0 Å². The van der Waals surface area contributed by atoms with Crippen LogP contribution in [0.25, 0.3) is 10.2 Å². The minimum absolute atomic E-state index is 0.0437. The molecule has 7 heteroatoms. The lowest BCUT2D eigenvalue weighted by atomic mass is 10.2. The maximum absolute atomic E-state index is 12.8. The third-order valence-electron chi connectivity index (χ3n) is 4.63. The monoisotopic (exact) mass is 433 g/mol. The molecule has 0 fully saturated rings. The lowest BCUT2D eigenvalue weighted by Crippen LogP contribution is -2.07. The van der Waals surface area contributed by atoms with E-state index in [4.69, 9.17) is 9.47 Å². The van der Waals surface area contributed by atoms with E-state index < -0.39 is 0 Å². The van der Waals surface area contributed by atoms with Gasteiger partial charge >= 0.3 is 5.97 Å². The minimum atomic E-state index is -0.362. The van der Waals surface area contributed by atoms with Crippen LogP contribution < -0.4 is 10.1 Å². The van der Waals surface area contributed by atoms with E-state index in [1.54, 1.807) is 0 Å². The van der Waals surface area contributed by atoms with Gasteiger partial charge in [0.15, 0.2) is 0 Å². The number of nitrogens with zero attached hydrogens (tertiary/aromatic N) is 2. The molecule has 0 spiro atoms. The van der Waals surface area contributed by atoms with Gasteiger partial charge in [-0.05, 0) is 44.0 Å². The van der Waals surface area contributed by atoms with Gasteiger partial charge in [-0.3, -0.25) is 0 Å². The maximum atomic E-state index is 12.8. The molecule has 0 aliphatic heterocycles. The normalized spacial score (nSPS) is 11.0. The zero-order valence-corrected chi connectivity index (χ0v) is 18.4. The first-order chi connectivity index (χ1) is 15.0. The third kappa shape index (κ3) is 4.67. The molecule has 4 aromatic rings. The Kier molecular flexibility index (Phi) is 6.13. The molecule has 4 rings (SSSR count). The number of anilines is 2. The Labute approximate surface area is 184 Å². The standard InChI is InChI=1S/C24H23N3O3S/c1-15(2)30-19-12-8-7-11-18(19)27-22-20-16(3)21(31-23(20)26-14-25-22)24(28)29-13-17-9-5-4-6-10-17/h4-12,14-15H,13H2,1-3H3,(H,25,26,27). The number of carbonyl (C=O) groups is 1. The molecule has 0 saturated carbocycles. The SMILES string of the molecule is Cc1c(C(=O)OCc2ccccc2)sc2ncnc(Nc3ccccc3OC(C)C)c12. The van der Waals surface area contributed by atoms with E-state index >= 15 is 0 Å². The van der Waals surface area contributed by atoms with Gasteiger partial charge in [0, 0.05) is 0 Å². The molecular formula is C24H23N3O3S. The summed E-state index contributed by atoms with van der Waals surface area (Å²) in [6, 6.07) is 17.3. The van der Waals surface area contributed by atoms with Crippen molar-refractivity contribution < 1.29 is 14.3 Å². The lowest BCUT2D eigenvalue weighted by Gasteiger charge is -2.15. The Hall–Kier alpha value is -3.45. The minimum Gasteiger partial charge on any atom is -0.489 e. The summed E-state index contributed by atoms with van der Waals surface area (Å²) in [7, 11) is 0. The zero-order valence-electron chi connectivity index (χ0n) is 17.6. The summed E-state index contributed by atoms with van der Waals surface area (Å²) in [6.45, 7) is 6.08. The Balaban J connectivity index is 1.62. The number of nitrogens with one attached hydrogen (secondary N) is 1. The summed E-state index contributed by atoms with van der Waals surface area (Å²) in [5.74, 6) is 0.999. The second-order valence-corrected chi connectivity index (χ2v) is 8.31. The summed E-state index contributed by atoms with van der Waals surface area (Å²) >= 11 is 1.31. The molecule has 0 saturated heterocycles. The highest BCUT2D eigenvalue weighted by molar-refractivity contribution is 7.20. The highest BCUT2D eigenvalue weighted by atomic mass is 32.1. The van der Waals surface area contributed by atoms with Crippen molar-refractivity contribution in [2.45, 2.75) is 33.5 Å². The fourth-order valence-corrected chi connectivity index (χ4v) is 4.25. The summed E-state index contributed by atoms with van der Waals surface area (Å²) in [6.07, 6.45) is 1.54. The molecule has 2 aromatic carbocycles. The number of ether oxygens (including phenoxy) is 2. The van der Waals surface area contributed by atoms with Gasteiger partial charge in [-0.1, -0.05) is 42.5 Å². The van der Waals surface area contributed by atoms with Crippen LogP contribution in [0.15, 0.2) is 60.9 Å². The van der Waals surface area contributed by atoms with Crippen molar-refractivity contribution in [1.82, 2.24) is 9.97 Å². The van der Waals surface area contributed by atoms with Gasteiger partial charge in [0.25, 0.3) is 0 Å². The van der Waals surface area contributed by atoms with E-state index in [-0.39, 0.29) is 18.7 Å². The molecule has 2 aromatic heterocycles. The first-order valence-electron chi connectivity index (χ1n) is 10.0. The first kappa shape index (κ1) is 20.8. The number of para-hydroxylation sites is 2. The van der Waals surface area contributed by atoms with Crippen molar-refractivity contribution in [3.8, 4) is 5.75 Å². The number of fused-ring (bicyclic) bond motifs is 1. The first-order valence-corrected chi connectivity index (χ1v) is 10.8. The van der Waals surface area contributed by atoms with Crippen LogP contribution in [0.4, 0.5) is 11.5 Å². The van der Waals surface area contributed by atoms with E-state index in [2.05, 4.69) is 15.3 Å². The van der Waals surface area contributed by atoms with Crippen LogP contribution in [0.2, 0.25) is 0 Å². The quantitative estimate of drug-likeness (QED) is 0.367. The number of hydrogen-bond donors (Lipinski definition) is 1. The van der Waals surface area contributed by atoms with E-state index in [0.29, 0.717) is 10.7 Å². The van der Waals surface area contributed by atoms with E-state index in [1.165, 1.54) is 17.7 Å². The number of benzene rings is 2. The van der Waals surface area contributed by atoms with E-state index in [0.717, 1.165) is 32.8 Å². The van der Waals surface area contributed by atoms with Gasteiger partial charge in [-0.2, -0.15) is 0 Å². The summed E-state index contributed by atoms with van der Waals surface area (Å²) in [5.41, 5.74) is 2.54. The number of rotatable bonds is 7. The maximum Gasteiger partial charge on any atom is 0.349 e. The number of carbonyl (C=O) groups excluding carboxylic acids is 1. The lowest BCUT2D eigenvalue weighted by molar-refractivity contribution is 0.0478. The Morgan fingerprint density at radius 1 is 1.06 bits per heavy atom. The molecule has 6 nitrogen and oxygen atoms in total. The van der Waals surface area contributed by atoms with Gasteiger partial charge in [0.05, 0.1) is 17.2 Å². The van der Waals surface area contributed by atoms with Crippen molar-refractivity contribution in [2.75, 3.05) is 5.32 Å². The summed E-state index contributed by atoms with van der Waals surface area (Å²) in [5, 5.41) is 4.15. The molecule has 0 aliphatic rings. The van der Waals surface area contributed by atoms with Gasteiger partial charge in [0.2, 0.25) is 0 Å². The number of thiophene rings is 1. The van der Waals surface area contributed by atoms with E-state index in [1.807, 2.05) is 75.4 Å². The van der Waals surface area contributed by atoms with Crippen LogP contribution in [0.1, 0.15) is 34.6 Å². The molecule has 158 valence electrons. The number of hydrogen-bond acceptors (Lipinski definition) is 7. The number of esters is 1. The number of aromatic nitrogens is 2. The van der Waals surface area contributed by atoms with Crippen LogP contribution >= 0.6 is 11.3 Å². The molecule has 0 amide bonds. The van der Waals surface area contributed by atoms with Gasteiger partial charge < -0.3 is 14.8 Å². The molecular weight excluding hydrogens is 410 g/mol. The summed E-state index contributed by atoms with van der Waals surface area (Å²) in [4.78, 5) is 22.8. The average Bonchev–Trinajstić information content (AvgIpc) is 3.11. The van der Waals surface area contributed by atoms with Crippen LogP contribution in [-0.2, 0) is 11.3 Å². The fraction of sp³-hybridized carbons (Fsp3) is 0.208. The molecule has 0 bridgehead atoms. The van der Waals surface area contributed by atoms with Crippen molar-refractivity contribution in [3.63, 3.8) is 0 Å². The van der Waals surface area contributed by atoms with Crippen LogP contribution in [0.5, 0.6) is 5.75 Å². The van der Waals surface area contributed by atoms with Gasteiger partial charge in [0.1, 0.15) is 34.2 Å². The van der Waals surface area contributed by atoms with Crippen molar-refractivity contribution in [1.29, 1.82) is 0 Å². The topological polar surface area (TPSA) is 73.3 Å². The molecule has 31 heavy (non-hydrogen) atoms. The molecule has 0 aliphatic carbocycles. The number of aryl methyl sites for hydroxylation is 1. The van der Waals surface area contributed by atoms with Gasteiger partial charge in [-0.25, -0.2) is 14.8 Å². The van der Waals surface area contributed by atoms with Crippen molar-refractivity contribution in [2.24, 2.45) is 0 Å². The van der Waals surface area contributed by atoms with E-state index in [9.17, 15) is 4.79 Å². The smallest absolute Gasteiger partial charge is 0.349 e. The fourth-order valence-electron chi connectivity index (χ4n) is 3.20. The highest BCUT2D eigenvalue weighted by Crippen LogP contribution is 2.36. The predicted molar refractivity (Wildman–Crippen MR) is 123 cm³/mol. The zero-order chi connectivity index (χ0) is 21.8. The Bertz CT molecular complexity index is 1210. The largest absolute Gasteiger partial charge is 0.489 e. The second kappa shape index (κ2) is 9.14. The van der Waals surface area contributed by atoms with Gasteiger partial charge in [-0.15, -0.1) is 11.3 Å². The molecule has 1 N–H and O–H groups in total. The van der Waals surface area contributed by atoms with Crippen LogP contribution in [-0.4, -0.2) is 22.0 Å². The average molecular weight is 434 g/mol. The molecule has 0 unspecified atom stereocenters. The van der Waals surface area contributed by atoms with Crippen LogP contribution in [0.3, 0.4) is 0 Å². The Morgan fingerprint density at radius 2 is 1.81 bits per heavy atom. The Morgan fingerprint density at radius 3 is 2.58 bits per heavy atom. The van der Waals surface area contributed by atoms with Crippen LogP contribution in [0, 0.1) is 6.92 Å². The second-order valence-electron chi connectivity index (χ2n) is 7.31. The van der Waals surface area contributed by atoms with Crippen molar-refractivity contribution in [3.05, 3.63) is 76.9 Å². The molecule has 0 atom stereocenters. The molecule has 2 heterocycles. The molecule has 0 radical (unpaired) electrons. The predicted octanol–water partition coefficient (Wildman–Crippen LogP) is 5.89. The highest BCUT2D eigenvalue weighted by Gasteiger charge is 2.21.